The molecule has 4 nitrogen and oxygen atoms in total. The molecule has 110 valence electrons. The molecule has 2 rings (SSSR count). The van der Waals surface area contributed by atoms with Gasteiger partial charge in [-0.15, -0.1) is 0 Å². The van der Waals surface area contributed by atoms with Crippen LogP contribution in [0.15, 0.2) is 18.2 Å². The third kappa shape index (κ3) is 3.64. The molecule has 1 aromatic carbocycles. The van der Waals surface area contributed by atoms with Gasteiger partial charge >= 0.3 is 0 Å². The van der Waals surface area contributed by atoms with E-state index < -0.39 is 0 Å². The molecule has 1 fully saturated rings. The van der Waals surface area contributed by atoms with Crippen molar-refractivity contribution < 1.29 is 9.53 Å². The highest BCUT2D eigenvalue weighted by Crippen LogP contribution is 2.29. The van der Waals surface area contributed by atoms with Crippen LogP contribution in [0.4, 0.5) is 5.69 Å². The molecule has 1 aromatic rings. The van der Waals surface area contributed by atoms with Gasteiger partial charge in [0.25, 0.3) is 0 Å². The number of amides is 1. The van der Waals surface area contributed by atoms with E-state index in [1.54, 1.807) is 18.2 Å². The van der Waals surface area contributed by atoms with Crippen molar-refractivity contribution in [3.63, 3.8) is 0 Å². The molecule has 1 amide bonds. The lowest BCUT2D eigenvalue weighted by atomic mass is 9.88. The number of carbonyl (C=O) groups is 1. The zero-order valence-electron chi connectivity index (χ0n) is 11.9. The average molecular weight is 297 g/mol. The minimum absolute atomic E-state index is 0.0140. The fourth-order valence-electron chi connectivity index (χ4n) is 2.06. The van der Waals surface area contributed by atoms with Crippen molar-refractivity contribution in [1.82, 2.24) is 5.32 Å². The van der Waals surface area contributed by atoms with Crippen LogP contribution in [0, 0.1) is 11.8 Å². The number of halogens is 1. The molecule has 1 heterocycles. The second-order valence-electron chi connectivity index (χ2n) is 5.19. The highest BCUT2D eigenvalue weighted by atomic mass is 35.5. The first kappa shape index (κ1) is 15.1. The van der Waals surface area contributed by atoms with E-state index in [2.05, 4.69) is 10.6 Å². The van der Waals surface area contributed by atoms with Crippen LogP contribution in [0.3, 0.4) is 0 Å². The standard InChI is InChI=1S/C15H21ClN2O2/c1-3-6-20-14-5-4-12(16)7-13(14)18-15(19)10(2)11-8-17-9-11/h4-5,7,10-11,17H,3,6,8-9H2,1-2H3,(H,18,19). The second kappa shape index (κ2) is 6.95. The maximum atomic E-state index is 12.2. The molecule has 1 aliphatic rings. The molecule has 1 atom stereocenters. The van der Waals surface area contributed by atoms with Crippen molar-refractivity contribution in [2.45, 2.75) is 20.3 Å². The van der Waals surface area contributed by atoms with Crippen LogP contribution in [0.1, 0.15) is 20.3 Å². The summed E-state index contributed by atoms with van der Waals surface area (Å²) in [5.74, 6) is 1.08. The topological polar surface area (TPSA) is 50.4 Å². The summed E-state index contributed by atoms with van der Waals surface area (Å²) in [4.78, 5) is 12.2. The SMILES string of the molecule is CCCOc1ccc(Cl)cc1NC(=O)C(C)C1CNC1. The first-order valence-corrected chi connectivity index (χ1v) is 7.43. The Morgan fingerprint density at radius 3 is 2.90 bits per heavy atom. The van der Waals surface area contributed by atoms with E-state index in [9.17, 15) is 4.79 Å². The maximum absolute atomic E-state index is 12.2. The third-order valence-electron chi connectivity index (χ3n) is 3.59. The zero-order chi connectivity index (χ0) is 14.5. The molecule has 0 aliphatic carbocycles. The molecule has 1 saturated heterocycles. The van der Waals surface area contributed by atoms with Crippen molar-refractivity contribution in [1.29, 1.82) is 0 Å². The summed E-state index contributed by atoms with van der Waals surface area (Å²) < 4.78 is 5.64. The molecule has 0 aromatic heterocycles. The quantitative estimate of drug-likeness (QED) is 0.848. The summed E-state index contributed by atoms with van der Waals surface area (Å²) in [5.41, 5.74) is 0.648. The van der Waals surface area contributed by atoms with Gasteiger partial charge in [-0.2, -0.15) is 0 Å². The van der Waals surface area contributed by atoms with Gasteiger partial charge < -0.3 is 15.4 Å². The first-order chi connectivity index (χ1) is 9.61. The molecule has 2 N–H and O–H groups in total. The number of carbonyl (C=O) groups excluding carboxylic acids is 1. The Balaban J connectivity index is 2.06. The van der Waals surface area contributed by atoms with Crippen molar-refractivity contribution in [3.8, 4) is 5.75 Å². The Kier molecular flexibility index (Phi) is 5.26. The number of hydrogen-bond acceptors (Lipinski definition) is 3. The van der Waals surface area contributed by atoms with E-state index in [1.807, 2.05) is 13.8 Å². The molecular weight excluding hydrogens is 276 g/mol. The lowest BCUT2D eigenvalue weighted by Gasteiger charge is -2.31. The summed E-state index contributed by atoms with van der Waals surface area (Å²) in [6.45, 7) is 6.43. The normalized spacial score (nSPS) is 16.4. The Bertz CT molecular complexity index is 475. The lowest BCUT2D eigenvalue weighted by Crippen LogP contribution is -2.48. The molecule has 0 bridgehead atoms. The molecule has 0 saturated carbocycles. The Morgan fingerprint density at radius 2 is 2.30 bits per heavy atom. The van der Waals surface area contributed by atoms with Gasteiger partial charge in [-0.05, 0) is 43.6 Å². The smallest absolute Gasteiger partial charge is 0.227 e. The van der Waals surface area contributed by atoms with E-state index in [-0.39, 0.29) is 11.8 Å². The summed E-state index contributed by atoms with van der Waals surface area (Å²) in [6.07, 6.45) is 0.917. The summed E-state index contributed by atoms with van der Waals surface area (Å²) >= 11 is 6.00. The molecule has 5 heteroatoms. The molecule has 0 spiro atoms. The van der Waals surface area contributed by atoms with Gasteiger partial charge in [0, 0.05) is 10.9 Å². The predicted molar refractivity (Wildman–Crippen MR) is 81.4 cm³/mol. The first-order valence-electron chi connectivity index (χ1n) is 7.05. The van der Waals surface area contributed by atoms with Crippen molar-refractivity contribution in [3.05, 3.63) is 23.2 Å². The fraction of sp³-hybridized carbons (Fsp3) is 0.533. The van der Waals surface area contributed by atoms with Crippen molar-refractivity contribution in [2.75, 3.05) is 25.0 Å². The van der Waals surface area contributed by atoms with Crippen molar-refractivity contribution in [2.24, 2.45) is 11.8 Å². The van der Waals surface area contributed by atoms with E-state index >= 15 is 0 Å². The predicted octanol–water partition coefficient (Wildman–Crippen LogP) is 2.92. The van der Waals surface area contributed by atoms with Crippen LogP contribution in [0.5, 0.6) is 5.75 Å². The largest absolute Gasteiger partial charge is 0.491 e. The number of rotatable bonds is 6. The average Bonchev–Trinajstić information content (AvgIpc) is 2.35. The summed E-state index contributed by atoms with van der Waals surface area (Å²) in [5, 5.41) is 6.70. The van der Waals surface area contributed by atoms with E-state index in [0.717, 1.165) is 19.5 Å². The highest BCUT2D eigenvalue weighted by molar-refractivity contribution is 6.31. The van der Waals surface area contributed by atoms with Crippen LogP contribution in [-0.2, 0) is 4.79 Å². The van der Waals surface area contributed by atoms with Gasteiger partial charge in [0.2, 0.25) is 5.91 Å². The van der Waals surface area contributed by atoms with Gasteiger partial charge in [0.15, 0.2) is 0 Å². The van der Waals surface area contributed by atoms with E-state index in [0.29, 0.717) is 29.0 Å². The summed E-state index contributed by atoms with van der Waals surface area (Å²) in [7, 11) is 0. The van der Waals surface area contributed by atoms with Crippen LogP contribution >= 0.6 is 11.6 Å². The van der Waals surface area contributed by atoms with E-state index in [4.69, 9.17) is 16.3 Å². The number of benzene rings is 1. The molecule has 1 unspecified atom stereocenters. The van der Waals surface area contributed by atoms with Crippen molar-refractivity contribution >= 4 is 23.2 Å². The van der Waals surface area contributed by atoms with E-state index in [1.165, 1.54) is 0 Å². The van der Waals surface area contributed by atoms with Gasteiger partial charge in [-0.3, -0.25) is 4.79 Å². The second-order valence-corrected chi connectivity index (χ2v) is 5.62. The Hall–Kier alpha value is -1.26. The Labute approximate surface area is 124 Å². The molecule has 0 radical (unpaired) electrons. The number of nitrogens with one attached hydrogen (secondary N) is 2. The van der Waals surface area contributed by atoms with Gasteiger partial charge in [-0.25, -0.2) is 0 Å². The fourth-order valence-corrected chi connectivity index (χ4v) is 2.24. The number of hydrogen-bond donors (Lipinski definition) is 2. The summed E-state index contributed by atoms with van der Waals surface area (Å²) in [6, 6.07) is 5.29. The minimum Gasteiger partial charge on any atom is -0.491 e. The number of anilines is 1. The molecular formula is C15H21ClN2O2. The van der Waals surface area contributed by atoms with Gasteiger partial charge in [0.1, 0.15) is 5.75 Å². The number of ether oxygens (including phenoxy) is 1. The zero-order valence-corrected chi connectivity index (χ0v) is 12.7. The van der Waals surface area contributed by atoms with Crippen LogP contribution < -0.4 is 15.4 Å². The maximum Gasteiger partial charge on any atom is 0.227 e. The van der Waals surface area contributed by atoms with Crippen LogP contribution in [0.25, 0.3) is 0 Å². The van der Waals surface area contributed by atoms with Gasteiger partial charge in [0.05, 0.1) is 12.3 Å². The monoisotopic (exact) mass is 296 g/mol. The van der Waals surface area contributed by atoms with Crippen LogP contribution in [0.2, 0.25) is 5.02 Å². The Morgan fingerprint density at radius 1 is 1.55 bits per heavy atom. The van der Waals surface area contributed by atoms with Gasteiger partial charge in [-0.1, -0.05) is 25.4 Å². The molecule has 1 aliphatic heterocycles. The van der Waals surface area contributed by atoms with Crippen LogP contribution in [-0.4, -0.2) is 25.6 Å². The third-order valence-corrected chi connectivity index (χ3v) is 3.83. The molecule has 20 heavy (non-hydrogen) atoms. The lowest BCUT2D eigenvalue weighted by molar-refractivity contribution is -0.121. The minimum atomic E-state index is -0.0192. The highest BCUT2D eigenvalue weighted by Gasteiger charge is 2.29.